The number of amides is 1. The Bertz CT molecular complexity index is 394. The van der Waals surface area contributed by atoms with E-state index in [2.05, 4.69) is 5.32 Å². The third-order valence-corrected chi connectivity index (χ3v) is 2.41. The summed E-state index contributed by atoms with van der Waals surface area (Å²) in [4.78, 5) is 10.7. The maximum atomic E-state index is 10.7. The molecule has 100 valence electrons. The second-order valence-electron chi connectivity index (χ2n) is 3.83. The fourth-order valence-electron chi connectivity index (χ4n) is 1.47. The van der Waals surface area contributed by atoms with Crippen molar-refractivity contribution < 1.29 is 14.3 Å². The zero-order valence-electron chi connectivity index (χ0n) is 10.9. The molecule has 0 atom stereocenters. The van der Waals surface area contributed by atoms with E-state index in [1.54, 1.807) is 7.11 Å². The molecule has 3 N–H and O–H groups in total. The first-order chi connectivity index (χ1) is 8.67. The summed E-state index contributed by atoms with van der Waals surface area (Å²) in [7, 11) is 1.58. The van der Waals surface area contributed by atoms with Gasteiger partial charge in [0.25, 0.3) is 0 Å². The Morgan fingerprint density at radius 1 is 1.39 bits per heavy atom. The van der Waals surface area contributed by atoms with Gasteiger partial charge in [-0.2, -0.15) is 0 Å². The Kier molecular flexibility index (Phi) is 6.00. The van der Waals surface area contributed by atoms with Gasteiger partial charge in [-0.05, 0) is 24.2 Å². The molecule has 1 aromatic carbocycles. The van der Waals surface area contributed by atoms with Gasteiger partial charge in [0.2, 0.25) is 5.91 Å². The molecule has 0 unspecified atom stereocenters. The topological polar surface area (TPSA) is 73.6 Å². The van der Waals surface area contributed by atoms with Crippen LogP contribution in [0.25, 0.3) is 0 Å². The number of benzene rings is 1. The summed E-state index contributed by atoms with van der Waals surface area (Å²) >= 11 is 0. The maximum absolute atomic E-state index is 10.7. The van der Waals surface area contributed by atoms with E-state index in [1.165, 1.54) is 0 Å². The van der Waals surface area contributed by atoms with Crippen molar-refractivity contribution in [3.05, 3.63) is 23.8 Å². The van der Waals surface area contributed by atoms with Crippen molar-refractivity contribution in [2.75, 3.05) is 20.3 Å². The minimum atomic E-state index is -0.377. The average Bonchev–Trinajstić information content (AvgIpc) is 2.36. The number of methoxy groups -OCH3 is 1. The number of ether oxygens (including phenoxy) is 2. The zero-order chi connectivity index (χ0) is 13.4. The fourth-order valence-corrected chi connectivity index (χ4v) is 1.47. The van der Waals surface area contributed by atoms with Crippen LogP contribution in [0.4, 0.5) is 0 Å². The van der Waals surface area contributed by atoms with Crippen LogP contribution in [0.1, 0.15) is 18.9 Å². The average molecular weight is 252 g/mol. The van der Waals surface area contributed by atoms with Crippen LogP contribution in [0, 0.1) is 0 Å². The number of carbonyl (C=O) groups is 1. The number of primary amides is 1. The highest BCUT2D eigenvalue weighted by molar-refractivity contribution is 5.73. The lowest BCUT2D eigenvalue weighted by molar-refractivity contribution is -0.118. The summed E-state index contributed by atoms with van der Waals surface area (Å²) in [5.74, 6) is 0.909. The minimum absolute atomic E-state index is 0.195. The molecule has 0 fully saturated rings. The molecule has 18 heavy (non-hydrogen) atoms. The van der Waals surface area contributed by atoms with Crippen molar-refractivity contribution in [2.45, 2.75) is 19.9 Å². The molecule has 0 saturated heterocycles. The first-order valence-corrected chi connectivity index (χ1v) is 5.96. The van der Waals surface area contributed by atoms with Gasteiger partial charge in [0.1, 0.15) is 0 Å². The molecule has 0 heterocycles. The predicted molar refractivity (Wildman–Crippen MR) is 69.7 cm³/mol. The smallest absolute Gasteiger partial charge is 0.220 e. The van der Waals surface area contributed by atoms with E-state index in [0.717, 1.165) is 18.7 Å². The Morgan fingerprint density at radius 3 is 2.78 bits per heavy atom. The molecule has 0 aliphatic heterocycles. The number of carbonyl (C=O) groups excluding carboxylic acids is 1. The largest absolute Gasteiger partial charge is 0.493 e. The Hall–Kier alpha value is -1.75. The van der Waals surface area contributed by atoms with Gasteiger partial charge < -0.3 is 20.5 Å². The molecule has 0 saturated carbocycles. The van der Waals surface area contributed by atoms with Crippen LogP contribution in [0.3, 0.4) is 0 Å². The number of nitrogens with two attached hydrogens (primary N) is 1. The highest BCUT2D eigenvalue weighted by Crippen LogP contribution is 2.28. The summed E-state index contributed by atoms with van der Waals surface area (Å²) in [6.45, 7) is 3.99. The van der Waals surface area contributed by atoms with Crippen LogP contribution in [0.5, 0.6) is 11.5 Å². The van der Waals surface area contributed by atoms with Gasteiger partial charge in [0.15, 0.2) is 11.5 Å². The van der Waals surface area contributed by atoms with Gasteiger partial charge in [-0.15, -0.1) is 0 Å². The molecule has 0 aromatic heterocycles. The molecule has 1 amide bonds. The first-order valence-electron chi connectivity index (χ1n) is 5.96. The molecule has 5 heteroatoms. The van der Waals surface area contributed by atoms with Crippen molar-refractivity contribution in [2.24, 2.45) is 5.73 Å². The molecular formula is C13H20N2O3. The lowest BCUT2D eigenvalue weighted by Crippen LogP contribution is -2.15. The molecular weight excluding hydrogens is 232 g/mol. The first kappa shape index (κ1) is 14.3. The number of nitrogens with one attached hydrogen (secondary N) is 1. The van der Waals surface area contributed by atoms with Crippen LogP contribution in [0.2, 0.25) is 0 Å². The molecule has 5 nitrogen and oxygen atoms in total. The summed E-state index contributed by atoms with van der Waals surface area (Å²) in [5.41, 5.74) is 6.17. The highest BCUT2D eigenvalue weighted by atomic mass is 16.5. The Balaban J connectivity index is 2.68. The minimum Gasteiger partial charge on any atom is -0.493 e. The lowest BCUT2D eigenvalue weighted by atomic mass is 10.2. The predicted octanol–water partition coefficient (Wildman–Crippen LogP) is 1.06. The van der Waals surface area contributed by atoms with Crippen LogP contribution < -0.4 is 20.5 Å². The molecule has 1 rings (SSSR count). The Morgan fingerprint density at radius 2 is 2.17 bits per heavy atom. The summed E-state index contributed by atoms with van der Waals surface area (Å²) in [6.07, 6.45) is 0.195. The summed E-state index contributed by atoms with van der Waals surface area (Å²) in [5, 5.41) is 3.23. The molecule has 0 aliphatic rings. The van der Waals surface area contributed by atoms with Gasteiger partial charge >= 0.3 is 0 Å². The number of hydrogen-bond acceptors (Lipinski definition) is 4. The van der Waals surface area contributed by atoms with Crippen molar-refractivity contribution >= 4 is 5.91 Å². The third kappa shape index (κ3) is 4.63. The van der Waals surface area contributed by atoms with Gasteiger partial charge in [0.05, 0.1) is 20.1 Å². The summed E-state index contributed by atoms with van der Waals surface area (Å²) in [6, 6.07) is 5.73. The van der Waals surface area contributed by atoms with Crippen LogP contribution in [-0.2, 0) is 11.3 Å². The lowest BCUT2D eigenvalue weighted by Gasteiger charge is -2.12. The second kappa shape index (κ2) is 7.55. The SMILES string of the molecule is CCNCc1ccc(OC)c(OCCC(N)=O)c1. The van der Waals surface area contributed by atoms with Gasteiger partial charge in [0, 0.05) is 6.54 Å². The van der Waals surface area contributed by atoms with Crippen molar-refractivity contribution in [3.8, 4) is 11.5 Å². The monoisotopic (exact) mass is 252 g/mol. The van der Waals surface area contributed by atoms with Gasteiger partial charge in [-0.1, -0.05) is 13.0 Å². The standard InChI is InChI=1S/C13H20N2O3/c1-3-15-9-10-4-5-11(17-2)12(8-10)18-7-6-13(14)16/h4-5,8,15H,3,6-7,9H2,1-2H3,(H2,14,16). The third-order valence-electron chi connectivity index (χ3n) is 2.41. The van der Waals surface area contributed by atoms with E-state index in [4.69, 9.17) is 15.2 Å². The van der Waals surface area contributed by atoms with E-state index in [1.807, 2.05) is 25.1 Å². The normalized spacial score (nSPS) is 10.1. The highest BCUT2D eigenvalue weighted by Gasteiger charge is 2.06. The van der Waals surface area contributed by atoms with Crippen molar-refractivity contribution in [1.82, 2.24) is 5.32 Å². The van der Waals surface area contributed by atoms with Crippen LogP contribution in [-0.4, -0.2) is 26.2 Å². The number of rotatable bonds is 8. The zero-order valence-corrected chi connectivity index (χ0v) is 10.9. The fraction of sp³-hybridized carbons (Fsp3) is 0.462. The van der Waals surface area contributed by atoms with E-state index >= 15 is 0 Å². The molecule has 0 radical (unpaired) electrons. The van der Waals surface area contributed by atoms with E-state index in [-0.39, 0.29) is 18.9 Å². The van der Waals surface area contributed by atoms with E-state index < -0.39 is 0 Å². The van der Waals surface area contributed by atoms with Gasteiger partial charge in [-0.25, -0.2) is 0 Å². The number of hydrogen-bond donors (Lipinski definition) is 2. The van der Waals surface area contributed by atoms with Crippen molar-refractivity contribution in [1.29, 1.82) is 0 Å². The maximum Gasteiger partial charge on any atom is 0.220 e. The second-order valence-corrected chi connectivity index (χ2v) is 3.83. The Labute approximate surface area is 107 Å². The molecule has 0 aliphatic carbocycles. The van der Waals surface area contributed by atoms with Gasteiger partial charge in [-0.3, -0.25) is 4.79 Å². The van der Waals surface area contributed by atoms with E-state index in [0.29, 0.717) is 11.5 Å². The molecule has 0 spiro atoms. The summed E-state index contributed by atoms with van der Waals surface area (Å²) < 4.78 is 10.7. The van der Waals surface area contributed by atoms with E-state index in [9.17, 15) is 4.79 Å². The van der Waals surface area contributed by atoms with Crippen LogP contribution >= 0.6 is 0 Å². The van der Waals surface area contributed by atoms with Crippen molar-refractivity contribution in [3.63, 3.8) is 0 Å². The quantitative estimate of drug-likeness (QED) is 0.725. The molecule has 1 aromatic rings. The van der Waals surface area contributed by atoms with Crippen LogP contribution in [0.15, 0.2) is 18.2 Å². The molecule has 0 bridgehead atoms.